The second kappa shape index (κ2) is 7.93. The molecule has 146 valence electrons. The predicted octanol–water partition coefficient (Wildman–Crippen LogP) is 2.52. The monoisotopic (exact) mass is 380 g/mol. The Balaban J connectivity index is 1.70. The molecule has 3 aromatic heterocycles. The van der Waals surface area contributed by atoms with E-state index in [4.69, 9.17) is 0 Å². The first-order chi connectivity index (χ1) is 13.6. The number of nitrogens with zero attached hydrogens (tertiary/aromatic N) is 4. The first-order valence-electron chi connectivity index (χ1n) is 9.64. The van der Waals surface area contributed by atoms with Gasteiger partial charge < -0.3 is 20.3 Å². The van der Waals surface area contributed by atoms with Crippen LogP contribution in [0.3, 0.4) is 0 Å². The van der Waals surface area contributed by atoms with Crippen LogP contribution in [-0.4, -0.2) is 37.3 Å². The summed E-state index contributed by atoms with van der Waals surface area (Å²) in [6.07, 6.45) is 7.46. The second-order valence-electron chi connectivity index (χ2n) is 7.14. The van der Waals surface area contributed by atoms with Crippen LogP contribution in [0, 0.1) is 5.92 Å². The average molecular weight is 380 g/mol. The minimum absolute atomic E-state index is 0.0658. The van der Waals surface area contributed by atoms with Gasteiger partial charge in [0.05, 0.1) is 11.5 Å². The van der Waals surface area contributed by atoms with E-state index in [0.29, 0.717) is 42.0 Å². The van der Waals surface area contributed by atoms with E-state index in [2.05, 4.69) is 25.6 Å². The number of anilines is 3. The number of aliphatic hydroxyl groups excluding tert-OH is 1. The molecule has 1 aliphatic rings. The Morgan fingerprint density at radius 1 is 1.29 bits per heavy atom. The molecule has 2 atom stereocenters. The highest BCUT2D eigenvalue weighted by molar-refractivity contribution is 5.93. The minimum Gasteiger partial charge on any atom is -0.393 e. The Kier molecular flexibility index (Phi) is 5.21. The molecule has 8 nitrogen and oxygen atoms in total. The first kappa shape index (κ1) is 18.4. The van der Waals surface area contributed by atoms with Crippen molar-refractivity contribution in [3.63, 3.8) is 0 Å². The third-order valence-corrected chi connectivity index (χ3v) is 5.18. The fraction of sp³-hybridized carbons (Fsp3) is 0.400. The number of rotatable bonds is 6. The molecule has 0 aliphatic heterocycles. The van der Waals surface area contributed by atoms with Crippen molar-refractivity contribution in [1.82, 2.24) is 19.5 Å². The van der Waals surface area contributed by atoms with Gasteiger partial charge in [0.15, 0.2) is 0 Å². The van der Waals surface area contributed by atoms with Crippen molar-refractivity contribution in [1.29, 1.82) is 0 Å². The molecule has 1 saturated carbocycles. The molecule has 0 aromatic carbocycles. The third-order valence-electron chi connectivity index (χ3n) is 5.18. The average Bonchev–Trinajstić information content (AvgIpc) is 3.12. The van der Waals surface area contributed by atoms with Gasteiger partial charge in [0, 0.05) is 31.7 Å². The molecule has 0 unspecified atom stereocenters. The molecule has 0 radical (unpaired) electrons. The molecule has 0 saturated heterocycles. The zero-order valence-corrected chi connectivity index (χ0v) is 15.8. The number of aryl methyl sites for hydroxylation is 1. The lowest BCUT2D eigenvalue weighted by Gasteiger charge is -2.15. The molecule has 28 heavy (non-hydrogen) atoms. The molecule has 1 aliphatic carbocycles. The van der Waals surface area contributed by atoms with Gasteiger partial charge in [-0.05, 0) is 55.7 Å². The predicted molar refractivity (Wildman–Crippen MR) is 109 cm³/mol. The van der Waals surface area contributed by atoms with Crippen LogP contribution in [0.2, 0.25) is 0 Å². The number of pyridine rings is 2. The fourth-order valence-electron chi connectivity index (χ4n) is 3.70. The summed E-state index contributed by atoms with van der Waals surface area (Å²) >= 11 is 0. The fourth-order valence-corrected chi connectivity index (χ4v) is 3.70. The Hall–Kier alpha value is -3.00. The van der Waals surface area contributed by atoms with Crippen LogP contribution in [0.4, 0.5) is 17.6 Å². The topological polar surface area (TPSA) is 105 Å². The summed E-state index contributed by atoms with van der Waals surface area (Å²) in [7, 11) is 0. The molecule has 0 amide bonds. The van der Waals surface area contributed by atoms with Crippen LogP contribution in [-0.2, 0) is 6.54 Å². The molecule has 3 N–H and O–H groups in total. The molecular formula is C20H24N6O2. The number of aliphatic hydroxyl groups is 1. The lowest BCUT2D eigenvalue weighted by Crippen LogP contribution is -2.21. The summed E-state index contributed by atoms with van der Waals surface area (Å²) in [5.74, 6) is 1.94. The van der Waals surface area contributed by atoms with E-state index in [1.807, 2.05) is 19.1 Å². The first-order valence-corrected chi connectivity index (χ1v) is 9.64. The summed E-state index contributed by atoms with van der Waals surface area (Å²) in [4.78, 5) is 25.9. The number of hydrogen-bond acceptors (Lipinski definition) is 7. The highest BCUT2D eigenvalue weighted by Crippen LogP contribution is 2.28. The van der Waals surface area contributed by atoms with Crippen LogP contribution in [0.5, 0.6) is 0 Å². The third kappa shape index (κ3) is 3.82. The van der Waals surface area contributed by atoms with Crippen molar-refractivity contribution in [2.45, 2.75) is 38.8 Å². The Morgan fingerprint density at radius 3 is 2.82 bits per heavy atom. The molecule has 0 spiro atoms. The van der Waals surface area contributed by atoms with Crippen LogP contribution >= 0.6 is 0 Å². The van der Waals surface area contributed by atoms with E-state index in [9.17, 15) is 9.90 Å². The van der Waals surface area contributed by atoms with Gasteiger partial charge >= 0.3 is 0 Å². The van der Waals surface area contributed by atoms with Crippen LogP contribution < -0.4 is 16.2 Å². The van der Waals surface area contributed by atoms with Gasteiger partial charge in [-0.1, -0.05) is 0 Å². The zero-order chi connectivity index (χ0) is 19.5. The van der Waals surface area contributed by atoms with Gasteiger partial charge in [-0.2, -0.15) is 0 Å². The molecule has 1 fully saturated rings. The highest BCUT2D eigenvalue weighted by Gasteiger charge is 2.23. The van der Waals surface area contributed by atoms with Gasteiger partial charge in [-0.3, -0.25) is 4.79 Å². The zero-order valence-electron chi connectivity index (χ0n) is 15.8. The van der Waals surface area contributed by atoms with E-state index >= 15 is 0 Å². The van der Waals surface area contributed by atoms with Crippen LogP contribution in [0.25, 0.3) is 10.8 Å². The number of hydrogen-bond donors (Lipinski definition) is 3. The van der Waals surface area contributed by atoms with Crippen molar-refractivity contribution < 1.29 is 5.11 Å². The van der Waals surface area contributed by atoms with Crippen molar-refractivity contribution in [2.24, 2.45) is 5.92 Å². The maximum absolute atomic E-state index is 12.9. The Morgan fingerprint density at radius 2 is 2.11 bits per heavy atom. The smallest absolute Gasteiger partial charge is 0.262 e. The normalized spacial score (nSPS) is 19.1. The van der Waals surface area contributed by atoms with E-state index in [0.717, 1.165) is 24.6 Å². The van der Waals surface area contributed by atoms with Crippen LogP contribution in [0.1, 0.15) is 26.2 Å². The largest absolute Gasteiger partial charge is 0.393 e. The number of nitrogens with one attached hydrogen (secondary N) is 2. The molecule has 3 aromatic rings. The highest BCUT2D eigenvalue weighted by atomic mass is 16.3. The standard InChI is InChI=1S/C20H24N6O2/c1-2-26-9-6-14-11-16(25-20-21-7-3-8-22-20)24-18(17(14)19(26)28)23-12-13-4-5-15(27)10-13/h3,6-9,11,13,15,27H,2,4-5,10,12H2,1H3,(H2,21,22,23,24,25)/t13-,15-/m1/s1. The summed E-state index contributed by atoms with van der Waals surface area (Å²) in [5.41, 5.74) is -0.0658. The van der Waals surface area contributed by atoms with Crippen molar-refractivity contribution >= 4 is 28.4 Å². The minimum atomic E-state index is -0.225. The van der Waals surface area contributed by atoms with Crippen molar-refractivity contribution in [3.8, 4) is 0 Å². The number of aromatic nitrogens is 4. The summed E-state index contributed by atoms with van der Waals surface area (Å²) in [6, 6.07) is 5.50. The van der Waals surface area contributed by atoms with Crippen LogP contribution in [0.15, 0.2) is 41.6 Å². The lowest BCUT2D eigenvalue weighted by atomic mass is 10.1. The Bertz CT molecular complexity index is 1020. The van der Waals surface area contributed by atoms with E-state index in [1.165, 1.54) is 0 Å². The summed E-state index contributed by atoms with van der Waals surface area (Å²) < 4.78 is 1.67. The van der Waals surface area contributed by atoms with Gasteiger partial charge in [-0.15, -0.1) is 0 Å². The van der Waals surface area contributed by atoms with Gasteiger partial charge in [0.2, 0.25) is 5.95 Å². The van der Waals surface area contributed by atoms with Crippen molar-refractivity contribution in [3.05, 3.63) is 47.1 Å². The molecule has 8 heteroatoms. The summed E-state index contributed by atoms with van der Waals surface area (Å²) in [6.45, 7) is 3.21. The van der Waals surface area contributed by atoms with E-state index in [1.54, 1.807) is 29.2 Å². The molecule has 3 heterocycles. The molecule has 4 rings (SSSR count). The van der Waals surface area contributed by atoms with E-state index < -0.39 is 0 Å². The quantitative estimate of drug-likeness (QED) is 0.603. The van der Waals surface area contributed by atoms with Gasteiger partial charge in [0.25, 0.3) is 5.56 Å². The second-order valence-corrected chi connectivity index (χ2v) is 7.14. The van der Waals surface area contributed by atoms with Gasteiger partial charge in [-0.25, -0.2) is 15.0 Å². The molecule has 0 bridgehead atoms. The van der Waals surface area contributed by atoms with E-state index in [-0.39, 0.29) is 11.7 Å². The van der Waals surface area contributed by atoms with Gasteiger partial charge in [0.1, 0.15) is 11.6 Å². The lowest BCUT2D eigenvalue weighted by molar-refractivity contribution is 0.178. The Labute approximate surface area is 162 Å². The maximum atomic E-state index is 12.9. The molecular weight excluding hydrogens is 356 g/mol. The number of fused-ring (bicyclic) bond motifs is 1. The SMILES string of the molecule is CCn1ccc2cc(Nc3ncccn3)nc(NC[C@@H]3CC[C@@H](O)C3)c2c1=O. The maximum Gasteiger partial charge on any atom is 0.262 e. The summed E-state index contributed by atoms with van der Waals surface area (Å²) in [5, 5.41) is 17.6. The van der Waals surface area contributed by atoms with Crippen molar-refractivity contribution in [2.75, 3.05) is 17.2 Å².